The van der Waals surface area contributed by atoms with Crippen LogP contribution in [0.4, 0.5) is 10.3 Å². The molecule has 0 atom stereocenters. The molecule has 0 saturated heterocycles. The average molecular weight is 217 g/mol. The maximum atomic E-state index is 12.8. The Morgan fingerprint density at radius 3 is 2.38 bits per heavy atom. The number of aromatic nitrogens is 2. The molecular weight excluding hydrogens is 205 g/mol. The minimum atomic E-state index is -0.245. The molecule has 0 spiro atoms. The molecule has 0 unspecified atom stereocenters. The second kappa shape index (κ2) is 4.26. The molecule has 2 aromatic rings. The van der Waals surface area contributed by atoms with Gasteiger partial charge in [-0.3, -0.25) is 0 Å². The Morgan fingerprint density at radius 2 is 1.75 bits per heavy atom. The van der Waals surface area contributed by atoms with E-state index in [0.717, 1.165) is 11.3 Å². The van der Waals surface area contributed by atoms with E-state index in [1.807, 2.05) is 19.0 Å². The summed E-state index contributed by atoms with van der Waals surface area (Å²) < 4.78 is 12.8. The first-order valence-corrected chi connectivity index (χ1v) is 4.93. The zero-order chi connectivity index (χ0) is 11.5. The van der Waals surface area contributed by atoms with Gasteiger partial charge in [0.25, 0.3) is 0 Å². The van der Waals surface area contributed by atoms with E-state index >= 15 is 0 Å². The van der Waals surface area contributed by atoms with Crippen LogP contribution < -0.4 is 4.90 Å². The lowest BCUT2D eigenvalue weighted by atomic mass is 10.1. The number of nitrogens with zero attached hydrogens (tertiary/aromatic N) is 3. The SMILES string of the molecule is CN(C)c1nccc(-c2ccc(F)cc2)n1. The highest BCUT2D eigenvalue weighted by Crippen LogP contribution is 2.18. The molecule has 0 N–H and O–H groups in total. The van der Waals surface area contributed by atoms with Crippen molar-refractivity contribution in [3.63, 3.8) is 0 Å². The van der Waals surface area contributed by atoms with Crippen molar-refractivity contribution in [3.05, 3.63) is 42.3 Å². The van der Waals surface area contributed by atoms with Crippen LogP contribution >= 0.6 is 0 Å². The van der Waals surface area contributed by atoms with Gasteiger partial charge in [0.1, 0.15) is 5.82 Å². The van der Waals surface area contributed by atoms with E-state index in [-0.39, 0.29) is 5.82 Å². The Morgan fingerprint density at radius 1 is 1.06 bits per heavy atom. The first kappa shape index (κ1) is 10.5. The lowest BCUT2D eigenvalue weighted by Crippen LogP contribution is -2.12. The van der Waals surface area contributed by atoms with Crippen LogP contribution in [-0.2, 0) is 0 Å². The first-order chi connectivity index (χ1) is 7.66. The van der Waals surface area contributed by atoms with Gasteiger partial charge in [-0.15, -0.1) is 0 Å². The van der Waals surface area contributed by atoms with Crippen LogP contribution in [0.25, 0.3) is 11.3 Å². The molecule has 1 aromatic carbocycles. The fourth-order valence-electron chi connectivity index (χ4n) is 1.35. The maximum absolute atomic E-state index is 12.8. The van der Waals surface area contributed by atoms with Gasteiger partial charge in [-0.1, -0.05) is 0 Å². The molecule has 0 aliphatic heterocycles. The number of anilines is 1. The average Bonchev–Trinajstić information content (AvgIpc) is 2.30. The molecule has 16 heavy (non-hydrogen) atoms. The zero-order valence-electron chi connectivity index (χ0n) is 9.18. The summed E-state index contributed by atoms with van der Waals surface area (Å²) in [6.07, 6.45) is 1.70. The van der Waals surface area contributed by atoms with Gasteiger partial charge in [-0.25, -0.2) is 14.4 Å². The zero-order valence-corrected chi connectivity index (χ0v) is 9.18. The summed E-state index contributed by atoms with van der Waals surface area (Å²) in [4.78, 5) is 10.3. The smallest absolute Gasteiger partial charge is 0.225 e. The normalized spacial score (nSPS) is 10.2. The van der Waals surface area contributed by atoms with Gasteiger partial charge in [-0.2, -0.15) is 0 Å². The van der Waals surface area contributed by atoms with E-state index in [1.165, 1.54) is 12.1 Å². The predicted octanol–water partition coefficient (Wildman–Crippen LogP) is 2.35. The fraction of sp³-hybridized carbons (Fsp3) is 0.167. The standard InChI is InChI=1S/C12H12FN3/c1-16(2)12-14-8-7-11(15-12)9-3-5-10(13)6-4-9/h3-8H,1-2H3. The highest BCUT2D eigenvalue weighted by molar-refractivity contribution is 5.59. The van der Waals surface area contributed by atoms with E-state index in [9.17, 15) is 4.39 Å². The summed E-state index contributed by atoms with van der Waals surface area (Å²) >= 11 is 0. The largest absolute Gasteiger partial charge is 0.347 e. The van der Waals surface area contributed by atoms with Gasteiger partial charge in [0.2, 0.25) is 5.95 Å². The van der Waals surface area contributed by atoms with Crippen molar-refractivity contribution in [3.8, 4) is 11.3 Å². The van der Waals surface area contributed by atoms with Crippen LogP contribution in [0.15, 0.2) is 36.5 Å². The molecule has 1 aromatic heterocycles. The maximum Gasteiger partial charge on any atom is 0.225 e. The van der Waals surface area contributed by atoms with Gasteiger partial charge in [0.15, 0.2) is 0 Å². The lowest BCUT2D eigenvalue weighted by Gasteiger charge is -2.10. The van der Waals surface area contributed by atoms with E-state index in [0.29, 0.717) is 5.95 Å². The summed E-state index contributed by atoms with van der Waals surface area (Å²) in [7, 11) is 3.76. The van der Waals surface area contributed by atoms with Gasteiger partial charge < -0.3 is 4.90 Å². The number of hydrogen-bond acceptors (Lipinski definition) is 3. The van der Waals surface area contributed by atoms with Crippen LogP contribution in [0.1, 0.15) is 0 Å². The predicted molar refractivity (Wildman–Crippen MR) is 61.8 cm³/mol. The quantitative estimate of drug-likeness (QED) is 0.773. The number of benzene rings is 1. The molecule has 0 aliphatic rings. The molecule has 82 valence electrons. The van der Waals surface area contributed by atoms with Crippen LogP contribution in [0, 0.1) is 5.82 Å². The van der Waals surface area contributed by atoms with E-state index in [1.54, 1.807) is 24.4 Å². The van der Waals surface area contributed by atoms with Crippen LogP contribution in [-0.4, -0.2) is 24.1 Å². The second-order valence-corrected chi connectivity index (χ2v) is 3.64. The van der Waals surface area contributed by atoms with Crippen molar-refractivity contribution >= 4 is 5.95 Å². The molecule has 4 heteroatoms. The fourth-order valence-corrected chi connectivity index (χ4v) is 1.35. The van der Waals surface area contributed by atoms with Crippen LogP contribution in [0.3, 0.4) is 0 Å². The molecule has 3 nitrogen and oxygen atoms in total. The Hall–Kier alpha value is -1.97. The third-order valence-electron chi connectivity index (χ3n) is 2.18. The Kier molecular flexibility index (Phi) is 2.81. The summed E-state index contributed by atoms with van der Waals surface area (Å²) in [5.74, 6) is 0.396. The Labute approximate surface area is 93.6 Å². The number of halogens is 1. The second-order valence-electron chi connectivity index (χ2n) is 3.64. The van der Waals surface area contributed by atoms with Crippen molar-refractivity contribution in [1.82, 2.24) is 9.97 Å². The van der Waals surface area contributed by atoms with Crippen molar-refractivity contribution < 1.29 is 4.39 Å². The summed E-state index contributed by atoms with van der Waals surface area (Å²) in [6, 6.07) is 8.06. The highest BCUT2D eigenvalue weighted by atomic mass is 19.1. The van der Waals surface area contributed by atoms with Gasteiger partial charge in [-0.05, 0) is 30.3 Å². The van der Waals surface area contributed by atoms with E-state index in [2.05, 4.69) is 9.97 Å². The Balaban J connectivity index is 2.40. The minimum Gasteiger partial charge on any atom is -0.347 e. The van der Waals surface area contributed by atoms with Gasteiger partial charge >= 0.3 is 0 Å². The van der Waals surface area contributed by atoms with Gasteiger partial charge in [0, 0.05) is 25.9 Å². The van der Waals surface area contributed by atoms with E-state index < -0.39 is 0 Å². The molecule has 0 amide bonds. The van der Waals surface area contributed by atoms with Crippen molar-refractivity contribution in [2.45, 2.75) is 0 Å². The molecule has 1 heterocycles. The Bertz CT molecular complexity index is 480. The van der Waals surface area contributed by atoms with Crippen molar-refractivity contribution in [2.75, 3.05) is 19.0 Å². The number of hydrogen-bond donors (Lipinski definition) is 0. The van der Waals surface area contributed by atoms with Crippen LogP contribution in [0.5, 0.6) is 0 Å². The molecule has 0 fully saturated rings. The summed E-state index contributed by atoms with van der Waals surface area (Å²) in [5.41, 5.74) is 1.67. The summed E-state index contributed by atoms with van der Waals surface area (Å²) in [5, 5.41) is 0. The minimum absolute atomic E-state index is 0.245. The molecule has 0 saturated carbocycles. The molecule has 0 aliphatic carbocycles. The van der Waals surface area contributed by atoms with Crippen molar-refractivity contribution in [2.24, 2.45) is 0 Å². The molecule has 2 rings (SSSR count). The van der Waals surface area contributed by atoms with Gasteiger partial charge in [0.05, 0.1) is 5.69 Å². The third kappa shape index (κ3) is 2.16. The lowest BCUT2D eigenvalue weighted by molar-refractivity contribution is 0.628. The topological polar surface area (TPSA) is 29.0 Å². The van der Waals surface area contributed by atoms with E-state index in [4.69, 9.17) is 0 Å². The highest BCUT2D eigenvalue weighted by Gasteiger charge is 2.03. The monoisotopic (exact) mass is 217 g/mol. The molecule has 0 bridgehead atoms. The van der Waals surface area contributed by atoms with Crippen LogP contribution in [0.2, 0.25) is 0 Å². The summed E-state index contributed by atoms with van der Waals surface area (Å²) in [6.45, 7) is 0. The number of rotatable bonds is 2. The first-order valence-electron chi connectivity index (χ1n) is 4.93. The third-order valence-corrected chi connectivity index (χ3v) is 2.18. The van der Waals surface area contributed by atoms with Crippen molar-refractivity contribution in [1.29, 1.82) is 0 Å². The molecular formula is C12H12FN3. The molecule has 0 radical (unpaired) electrons.